The quantitative estimate of drug-likeness (QED) is 0.494. The molecule has 1 nitrogen and oxygen atoms in total. The molecule has 23 heavy (non-hydrogen) atoms. The van der Waals surface area contributed by atoms with Gasteiger partial charge in [-0.15, -0.1) is 0 Å². The van der Waals surface area contributed by atoms with Crippen molar-refractivity contribution < 1.29 is 0 Å². The molecular formula is C22H27N. The molecule has 0 fully saturated rings. The second-order valence-electron chi connectivity index (χ2n) is 6.23. The fraction of sp³-hybridized carbons (Fsp3) is 0.409. The van der Waals surface area contributed by atoms with E-state index in [2.05, 4.69) is 44.2 Å². The van der Waals surface area contributed by atoms with E-state index in [1.54, 1.807) is 0 Å². The fourth-order valence-electron chi connectivity index (χ4n) is 3.05. The van der Waals surface area contributed by atoms with E-state index in [4.69, 9.17) is 5.26 Å². The van der Waals surface area contributed by atoms with Gasteiger partial charge in [0.05, 0.1) is 11.6 Å². The summed E-state index contributed by atoms with van der Waals surface area (Å²) in [6.07, 6.45) is 9.49. The van der Waals surface area contributed by atoms with Crippen LogP contribution in [0.25, 0.3) is 11.1 Å². The first kappa shape index (κ1) is 17.3. The molecule has 0 bridgehead atoms. The third kappa shape index (κ3) is 4.70. The first-order valence-electron chi connectivity index (χ1n) is 8.91. The van der Waals surface area contributed by atoms with Gasteiger partial charge in [-0.3, -0.25) is 0 Å². The number of nitriles is 1. The van der Waals surface area contributed by atoms with Gasteiger partial charge in [0.15, 0.2) is 0 Å². The van der Waals surface area contributed by atoms with Gasteiger partial charge in [-0.2, -0.15) is 5.26 Å². The van der Waals surface area contributed by atoms with E-state index in [1.807, 2.05) is 18.2 Å². The van der Waals surface area contributed by atoms with Crippen molar-refractivity contribution in [3.8, 4) is 17.2 Å². The number of hydrogen-bond donors (Lipinski definition) is 0. The van der Waals surface area contributed by atoms with Crippen LogP contribution in [0.15, 0.2) is 42.5 Å². The van der Waals surface area contributed by atoms with Crippen LogP contribution < -0.4 is 0 Å². The maximum atomic E-state index is 8.87. The van der Waals surface area contributed by atoms with Crippen LogP contribution in [0.4, 0.5) is 0 Å². The van der Waals surface area contributed by atoms with Crippen molar-refractivity contribution in [3.05, 3.63) is 59.2 Å². The Hall–Kier alpha value is -2.07. The zero-order valence-corrected chi connectivity index (χ0v) is 14.4. The molecule has 1 aliphatic carbocycles. The Morgan fingerprint density at radius 2 is 1.48 bits per heavy atom. The first-order valence-corrected chi connectivity index (χ1v) is 8.91. The monoisotopic (exact) mass is 305 g/mol. The molecule has 2 aromatic carbocycles. The van der Waals surface area contributed by atoms with E-state index >= 15 is 0 Å². The molecule has 0 saturated carbocycles. The summed E-state index contributed by atoms with van der Waals surface area (Å²) < 4.78 is 0. The zero-order valence-electron chi connectivity index (χ0n) is 14.4. The van der Waals surface area contributed by atoms with Crippen LogP contribution >= 0.6 is 0 Å². The molecule has 0 heterocycles. The lowest BCUT2D eigenvalue weighted by Crippen LogP contribution is -1.81. The molecule has 0 atom stereocenters. The summed E-state index contributed by atoms with van der Waals surface area (Å²) in [7, 11) is 0. The number of nitrogens with zero attached hydrogens (tertiary/aromatic N) is 1. The van der Waals surface area contributed by atoms with Crippen LogP contribution in [0.5, 0.6) is 0 Å². The fourth-order valence-corrected chi connectivity index (χ4v) is 3.05. The minimum Gasteiger partial charge on any atom is -0.192 e. The Labute approximate surface area is 141 Å². The highest BCUT2D eigenvalue weighted by atomic mass is 14.3. The molecule has 0 radical (unpaired) electrons. The summed E-state index contributed by atoms with van der Waals surface area (Å²) in [5.74, 6) is 0. The smallest absolute Gasteiger partial charge is 0.0991 e. The van der Waals surface area contributed by atoms with Gasteiger partial charge in [-0.1, -0.05) is 82.7 Å². The van der Waals surface area contributed by atoms with E-state index in [0.29, 0.717) is 0 Å². The molecule has 0 N–H and O–H groups in total. The van der Waals surface area contributed by atoms with Crippen molar-refractivity contribution in [1.82, 2.24) is 0 Å². The van der Waals surface area contributed by atoms with Crippen LogP contribution in [0.3, 0.4) is 0 Å². The normalized spacial score (nSPS) is 11.0. The summed E-state index contributed by atoms with van der Waals surface area (Å²) in [6, 6.07) is 16.5. The lowest BCUT2D eigenvalue weighted by molar-refractivity contribution is 0.624. The number of unbranched alkanes of at least 4 members (excludes halogenated alkanes) is 5. The molecule has 120 valence electrons. The highest BCUT2D eigenvalue weighted by Gasteiger charge is 2.17. The Morgan fingerprint density at radius 1 is 0.826 bits per heavy atom. The minimum atomic E-state index is 0.741. The van der Waals surface area contributed by atoms with E-state index in [9.17, 15) is 0 Å². The van der Waals surface area contributed by atoms with E-state index < -0.39 is 0 Å². The van der Waals surface area contributed by atoms with Gasteiger partial charge in [0, 0.05) is 0 Å². The summed E-state index contributed by atoms with van der Waals surface area (Å²) >= 11 is 0. The van der Waals surface area contributed by atoms with Gasteiger partial charge >= 0.3 is 0 Å². The zero-order chi connectivity index (χ0) is 16.5. The maximum Gasteiger partial charge on any atom is 0.0991 e. The number of hydrogen-bond acceptors (Lipinski definition) is 1. The van der Waals surface area contributed by atoms with Gasteiger partial charge in [-0.05, 0) is 40.8 Å². The SMILES string of the molecule is CCCCCCCC.N#Cc1ccc2c(c1)-c1ccccc1C2. The average Bonchev–Trinajstić information content (AvgIpc) is 2.97. The van der Waals surface area contributed by atoms with Crippen LogP contribution in [0.2, 0.25) is 0 Å². The largest absolute Gasteiger partial charge is 0.192 e. The molecular weight excluding hydrogens is 278 g/mol. The van der Waals surface area contributed by atoms with Crippen molar-refractivity contribution in [3.63, 3.8) is 0 Å². The van der Waals surface area contributed by atoms with Crippen LogP contribution in [0.1, 0.15) is 69.1 Å². The van der Waals surface area contributed by atoms with Gasteiger partial charge in [0.1, 0.15) is 0 Å². The van der Waals surface area contributed by atoms with Gasteiger partial charge in [0.2, 0.25) is 0 Å². The van der Waals surface area contributed by atoms with Crippen LogP contribution in [0, 0.1) is 11.3 Å². The number of benzene rings is 2. The second-order valence-corrected chi connectivity index (χ2v) is 6.23. The van der Waals surface area contributed by atoms with E-state index in [-0.39, 0.29) is 0 Å². The van der Waals surface area contributed by atoms with Crippen LogP contribution in [-0.2, 0) is 6.42 Å². The Balaban J connectivity index is 0.000000207. The minimum absolute atomic E-state index is 0.741. The molecule has 2 aromatic rings. The molecule has 1 aliphatic rings. The van der Waals surface area contributed by atoms with Gasteiger partial charge in [0.25, 0.3) is 0 Å². The molecule has 0 amide bonds. The Kier molecular flexibility index (Phi) is 6.88. The highest BCUT2D eigenvalue weighted by Crippen LogP contribution is 2.36. The van der Waals surface area contributed by atoms with Crippen molar-refractivity contribution in [1.29, 1.82) is 5.26 Å². The van der Waals surface area contributed by atoms with E-state index in [0.717, 1.165) is 12.0 Å². The van der Waals surface area contributed by atoms with Crippen molar-refractivity contribution in [2.24, 2.45) is 0 Å². The average molecular weight is 305 g/mol. The van der Waals surface area contributed by atoms with Crippen molar-refractivity contribution >= 4 is 0 Å². The lowest BCUT2D eigenvalue weighted by atomic mass is 10.0. The van der Waals surface area contributed by atoms with Gasteiger partial charge < -0.3 is 0 Å². The molecule has 0 unspecified atom stereocenters. The molecule has 0 aliphatic heterocycles. The third-order valence-corrected chi connectivity index (χ3v) is 4.38. The molecule has 1 heteroatoms. The number of fused-ring (bicyclic) bond motifs is 3. The summed E-state index contributed by atoms with van der Waals surface area (Å²) in [5, 5.41) is 8.87. The molecule has 0 aromatic heterocycles. The predicted molar refractivity (Wildman–Crippen MR) is 98.4 cm³/mol. The predicted octanol–water partition coefficient (Wildman–Crippen LogP) is 6.50. The first-order chi connectivity index (χ1) is 11.3. The van der Waals surface area contributed by atoms with Gasteiger partial charge in [-0.25, -0.2) is 0 Å². The topological polar surface area (TPSA) is 23.8 Å². The van der Waals surface area contributed by atoms with Crippen molar-refractivity contribution in [2.45, 2.75) is 58.8 Å². The maximum absolute atomic E-state index is 8.87. The lowest BCUT2D eigenvalue weighted by Gasteiger charge is -2.00. The second kappa shape index (κ2) is 9.16. The van der Waals surface area contributed by atoms with E-state index in [1.165, 1.54) is 60.8 Å². The molecule has 0 spiro atoms. The standard InChI is InChI=1S/C14H9N.C8H18/c15-9-10-5-6-12-8-11-3-1-2-4-13(11)14(12)7-10;1-3-5-7-8-6-4-2/h1-7H,8H2;3-8H2,1-2H3. The summed E-state index contributed by atoms with van der Waals surface area (Å²) in [5.41, 5.74) is 5.94. The highest BCUT2D eigenvalue weighted by molar-refractivity contribution is 5.77. The van der Waals surface area contributed by atoms with Crippen LogP contribution in [-0.4, -0.2) is 0 Å². The Bertz CT molecular complexity index is 658. The molecule has 0 saturated heterocycles. The third-order valence-electron chi connectivity index (χ3n) is 4.38. The summed E-state index contributed by atoms with van der Waals surface area (Å²) in [6.45, 7) is 4.51. The molecule has 3 rings (SSSR count). The Morgan fingerprint density at radius 3 is 2.13 bits per heavy atom. The summed E-state index contributed by atoms with van der Waals surface area (Å²) in [4.78, 5) is 0. The number of rotatable bonds is 5. The van der Waals surface area contributed by atoms with Crippen molar-refractivity contribution in [2.75, 3.05) is 0 Å².